The monoisotopic (exact) mass is 332 g/mol. The summed E-state index contributed by atoms with van der Waals surface area (Å²) < 4.78 is 0.654. The molecule has 2 rings (SSSR count). The van der Waals surface area contributed by atoms with Crippen molar-refractivity contribution in [2.45, 2.75) is 0 Å². The minimum absolute atomic E-state index is 0.0991. The Morgan fingerprint density at radius 2 is 1.80 bits per heavy atom. The van der Waals surface area contributed by atoms with Crippen molar-refractivity contribution >= 4 is 33.7 Å². The number of non-ortho nitro benzene ring substituents is 1. The second-order valence-electron chi connectivity index (χ2n) is 3.93. The predicted octanol–water partition coefficient (Wildman–Crippen LogP) is 3.05. The van der Waals surface area contributed by atoms with Crippen LogP contribution in [-0.2, 0) is 4.79 Å². The van der Waals surface area contributed by atoms with E-state index in [0.29, 0.717) is 4.47 Å². The molecule has 0 amide bonds. The van der Waals surface area contributed by atoms with E-state index in [1.165, 1.54) is 36.4 Å². The first-order chi connectivity index (χ1) is 9.52. The van der Waals surface area contributed by atoms with Gasteiger partial charge in [-0.2, -0.15) is 0 Å². The molecular weight excluding hydrogens is 326 g/mol. The summed E-state index contributed by atoms with van der Waals surface area (Å²) in [6, 6.07) is 9.84. The van der Waals surface area contributed by atoms with Crippen molar-refractivity contribution in [1.29, 1.82) is 0 Å². The minimum Gasteiger partial charge on any atom is -0.289 e. The molecule has 99 valence electrons. The summed E-state index contributed by atoms with van der Waals surface area (Å²) in [6.45, 7) is 0. The Labute approximate surface area is 122 Å². The summed E-state index contributed by atoms with van der Waals surface area (Å²) in [6.07, 6.45) is 1.70. The first kappa shape index (κ1) is 14.1. The van der Waals surface area contributed by atoms with Crippen molar-refractivity contribution in [3.8, 4) is 0 Å². The summed E-state index contributed by atoms with van der Waals surface area (Å²) in [5, 5.41) is 10.6. The van der Waals surface area contributed by atoms with E-state index in [4.69, 9.17) is 0 Å². The van der Waals surface area contributed by atoms with Crippen molar-refractivity contribution < 1.29 is 14.5 Å². The first-order valence-corrected chi connectivity index (χ1v) is 6.29. The molecule has 0 spiro atoms. The van der Waals surface area contributed by atoms with Gasteiger partial charge in [-0.05, 0) is 30.3 Å². The molecular formula is C14H7BrNO4. The SMILES string of the molecule is O=[C]c1ccc(Br)cc1C(=O)c1ccc([N+](=O)[O-])cc1. The molecule has 2 aromatic carbocycles. The van der Waals surface area contributed by atoms with Crippen LogP contribution in [0, 0.1) is 10.1 Å². The van der Waals surface area contributed by atoms with Gasteiger partial charge in [0.25, 0.3) is 5.69 Å². The molecule has 0 bridgehead atoms. The number of rotatable bonds is 4. The fourth-order valence-corrected chi connectivity index (χ4v) is 2.04. The van der Waals surface area contributed by atoms with Crippen LogP contribution >= 0.6 is 15.9 Å². The van der Waals surface area contributed by atoms with Crippen LogP contribution in [0.25, 0.3) is 0 Å². The highest BCUT2D eigenvalue weighted by molar-refractivity contribution is 9.10. The Morgan fingerprint density at radius 3 is 2.35 bits per heavy atom. The minimum atomic E-state index is -0.544. The van der Waals surface area contributed by atoms with Gasteiger partial charge in [0.15, 0.2) is 5.78 Å². The van der Waals surface area contributed by atoms with E-state index in [0.717, 1.165) is 0 Å². The van der Waals surface area contributed by atoms with Crippen LogP contribution in [0.1, 0.15) is 21.5 Å². The van der Waals surface area contributed by atoms with Gasteiger partial charge < -0.3 is 0 Å². The molecule has 1 radical (unpaired) electrons. The van der Waals surface area contributed by atoms with Crippen LogP contribution in [0.3, 0.4) is 0 Å². The largest absolute Gasteiger partial charge is 0.289 e. The van der Waals surface area contributed by atoms with E-state index >= 15 is 0 Å². The lowest BCUT2D eigenvalue weighted by atomic mass is 9.99. The van der Waals surface area contributed by atoms with Crippen LogP contribution in [0.15, 0.2) is 46.9 Å². The van der Waals surface area contributed by atoms with E-state index in [9.17, 15) is 19.7 Å². The lowest BCUT2D eigenvalue weighted by molar-refractivity contribution is -0.384. The lowest BCUT2D eigenvalue weighted by Gasteiger charge is -2.04. The second kappa shape index (κ2) is 5.75. The molecule has 0 N–H and O–H groups in total. The van der Waals surface area contributed by atoms with Crippen LogP contribution in [-0.4, -0.2) is 17.0 Å². The number of carbonyl (C=O) groups excluding carboxylic acids is 2. The average molecular weight is 333 g/mol. The van der Waals surface area contributed by atoms with E-state index in [-0.39, 0.29) is 28.2 Å². The zero-order valence-corrected chi connectivity index (χ0v) is 11.6. The van der Waals surface area contributed by atoms with E-state index in [1.807, 2.05) is 0 Å². The number of ketones is 1. The van der Waals surface area contributed by atoms with Gasteiger partial charge in [0.05, 0.1) is 4.92 Å². The molecule has 0 fully saturated rings. The topological polar surface area (TPSA) is 77.3 Å². The Balaban J connectivity index is 2.43. The maximum Gasteiger partial charge on any atom is 0.269 e. The second-order valence-corrected chi connectivity index (χ2v) is 4.84. The standard InChI is InChI=1S/C14H7BrNO4/c15-11-4-1-10(8-17)13(7-11)14(18)9-2-5-12(6-3-9)16(19)20/h1-7H. The number of nitro benzene ring substituents is 1. The molecule has 0 saturated heterocycles. The van der Waals surface area contributed by atoms with Gasteiger partial charge >= 0.3 is 0 Å². The Kier molecular flexibility index (Phi) is 4.05. The number of nitrogens with zero attached hydrogens (tertiary/aromatic N) is 1. The zero-order chi connectivity index (χ0) is 14.7. The summed E-state index contributed by atoms with van der Waals surface area (Å²) in [4.78, 5) is 33.1. The third-order valence-corrected chi connectivity index (χ3v) is 3.17. The molecule has 0 saturated carbocycles. The lowest BCUT2D eigenvalue weighted by Crippen LogP contribution is -2.05. The van der Waals surface area contributed by atoms with Crippen LogP contribution in [0.2, 0.25) is 0 Å². The van der Waals surface area contributed by atoms with Gasteiger partial charge in [0.2, 0.25) is 6.29 Å². The van der Waals surface area contributed by atoms with Gasteiger partial charge in [-0.3, -0.25) is 19.7 Å². The Bertz CT molecular complexity index is 695. The number of benzene rings is 2. The highest BCUT2D eigenvalue weighted by Crippen LogP contribution is 2.20. The molecule has 5 nitrogen and oxygen atoms in total. The quantitative estimate of drug-likeness (QED) is 0.489. The van der Waals surface area contributed by atoms with Gasteiger partial charge in [0, 0.05) is 33.3 Å². The molecule has 20 heavy (non-hydrogen) atoms. The number of hydrogen-bond donors (Lipinski definition) is 0. The molecule has 0 unspecified atom stereocenters. The van der Waals surface area contributed by atoms with E-state index in [2.05, 4.69) is 15.9 Å². The molecule has 6 heteroatoms. The third kappa shape index (κ3) is 2.80. The van der Waals surface area contributed by atoms with Crippen LogP contribution in [0.5, 0.6) is 0 Å². The smallest absolute Gasteiger partial charge is 0.269 e. The molecule has 0 aliphatic heterocycles. The van der Waals surface area contributed by atoms with Crippen molar-refractivity contribution in [2.24, 2.45) is 0 Å². The molecule has 0 heterocycles. The summed E-state index contributed by atoms with van der Waals surface area (Å²) in [5.74, 6) is -0.389. The maximum atomic E-state index is 12.3. The third-order valence-electron chi connectivity index (χ3n) is 2.68. The number of nitro groups is 1. The predicted molar refractivity (Wildman–Crippen MR) is 75.5 cm³/mol. The van der Waals surface area contributed by atoms with E-state index < -0.39 is 4.92 Å². The van der Waals surface area contributed by atoms with Gasteiger partial charge in [-0.1, -0.05) is 15.9 Å². The molecule has 0 atom stereocenters. The number of halogens is 1. The van der Waals surface area contributed by atoms with Gasteiger partial charge in [-0.15, -0.1) is 0 Å². The molecule has 0 aliphatic carbocycles. The summed E-state index contributed by atoms with van der Waals surface area (Å²) in [7, 11) is 0. The zero-order valence-electron chi connectivity index (χ0n) is 10.00. The molecule has 2 aromatic rings. The molecule has 0 aliphatic rings. The van der Waals surface area contributed by atoms with Gasteiger partial charge in [0.1, 0.15) is 0 Å². The Hall–Kier alpha value is -2.34. The van der Waals surface area contributed by atoms with Crippen molar-refractivity contribution in [1.82, 2.24) is 0 Å². The summed E-state index contributed by atoms with van der Waals surface area (Å²) in [5.41, 5.74) is 0.517. The normalized spacial score (nSPS) is 10.1. The van der Waals surface area contributed by atoms with Crippen LogP contribution in [0.4, 0.5) is 5.69 Å². The fraction of sp³-hybridized carbons (Fsp3) is 0. The maximum absolute atomic E-state index is 12.3. The highest BCUT2D eigenvalue weighted by Gasteiger charge is 2.15. The summed E-state index contributed by atoms with van der Waals surface area (Å²) >= 11 is 3.23. The molecule has 0 aromatic heterocycles. The highest BCUT2D eigenvalue weighted by atomic mass is 79.9. The first-order valence-electron chi connectivity index (χ1n) is 5.50. The van der Waals surface area contributed by atoms with Crippen LogP contribution < -0.4 is 0 Å². The van der Waals surface area contributed by atoms with Crippen molar-refractivity contribution in [3.63, 3.8) is 0 Å². The van der Waals surface area contributed by atoms with Crippen molar-refractivity contribution in [2.75, 3.05) is 0 Å². The number of hydrogen-bond acceptors (Lipinski definition) is 4. The van der Waals surface area contributed by atoms with E-state index in [1.54, 1.807) is 12.4 Å². The van der Waals surface area contributed by atoms with Crippen molar-refractivity contribution in [3.05, 3.63) is 73.7 Å². The Morgan fingerprint density at radius 1 is 1.15 bits per heavy atom. The average Bonchev–Trinajstić information content (AvgIpc) is 2.46. The fourth-order valence-electron chi connectivity index (χ4n) is 1.68. The van der Waals surface area contributed by atoms with Gasteiger partial charge in [-0.25, -0.2) is 0 Å². The number of carbonyl (C=O) groups is 1.